The van der Waals surface area contributed by atoms with Crippen molar-refractivity contribution >= 4 is 33.3 Å². The Hall–Kier alpha value is -3.65. The average molecular weight is 410 g/mol. The van der Waals surface area contributed by atoms with E-state index in [9.17, 15) is 18.0 Å². The number of nitrogens with one attached hydrogen (secondary N) is 2. The quantitative estimate of drug-likeness (QED) is 0.573. The Morgan fingerprint density at radius 2 is 1.62 bits per heavy atom. The molecule has 0 spiro atoms. The van der Waals surface area contributed by atoms with Gasteiger partial charge in [-0.05, 0) is 55.0 Å². The van der Waals surface area contributed by atoms with Crippen LogP contribution in [-0.2, 0) is 10.0 Å². The molecule has 7 nitrogen and oxygen atoms in total. The molecule has 0 radical (unpaired) electrons. The Morgan fingerprint density at radius 1 is 0.897 bits per heavy atom. The number of aromatic carboxylic acids is 1. The molecule has 3 rings (SSSR count). The van der Waals surface area contributed by atoms with E-state index in [1.54, 1.807) is 30.3 Å². The summed E-state index contributed by atoms with van der Waals surface area (Å²) in [5.74, 6) is -1.71. The Labute approximate surface area is 168 Å². The van der Waals surface area contributed by atoms with Crippen LogP contribution in [-0.4, -0.2) is 25.4 Å². The summed E-state index contributed by atoms with van der Waals surface area (Å²) in [7, 11) is -4.10. The minimum Gasteiger partial charge on any atom is -0.478 e. The SMILES string of the molecule is Cc1cccc(NC(=O)c2ccccc2NS(=O)(=O)c2cccc(C(=O)O)c2)c1. The third-order valence-electron chi connectivity index (χ3n) is 4.08. The van der Waals surface area contributed by atoms with Crippen LogP contribution in [0.15, 0.2) is 77.7 Å². The number of carbonyl (C=O) groups is 2. The molecule has 8 heteroatoms. The van der Waals surface area contributed by atoms with Gasteiger partial charge in [0.15, 0.2) is 0 Å². The van der Waals surface area contributed by atoms with Gasteiger partial charge in [-0.1, -0.05) is 30.3 Å². The lowest BCUT2D eigenvalue weighted by molar-refractivity contribution is 0.0696. The second-order valence-electron chi connectivity index (χ2n) is 6.31. The Morgan fingerprint density at radius 3 is 2.34 bits per heavy atom. The van der Waals surface area contributed by atoms with Crippen molar-refractivity contribution < 1.29 is 23.1 Å². The Bertz CT molecular complexity index is 1190. The zero-order valence-corrected chi connectivity index (χ0v) is 16.2. The second-order valence-corrected chi connectivity index (χ2v) is 7.99. The third kappa shape index (κ3) is 4.80. The lowest BCUT2D eigenvalue weighted by Gasteiger charge is -2.13. The molecule has 3 aromatic rings. The smallest absolute Gasteiger partial charge is 0.335 e. The van der Waals surface area contributed by atoms with Gasteiger partial charge < -0.3 is 10.4 Å². The number of carbonyl (C=O) groups excluding carboxylic acids is 1. The molecule has 0 unspecified atom stereocenters. The first-order chi connectivity index (χ1) is 13.8. The maximum absolute atomic E-state index is 12.7. The van der Waals surface area contributed by atoms with Crippen molar-refractivity contribution in [2.24, 2.45) is 0 Å². The van der Waals surface area contributed by atoms with Crippen LogP contribution >= 0.6 is 0 Å². The predicted molar refractivity (Wildman–Crippen MR) is 110 cm³/mol. The summed E-state index contributed by atoms with van der Waals surface area (Å²) in [6.45, 7) is 1.89. The van der Waals surface area contributed by atoms with E-state index in [1.165, 1.54) is 30.3 Å². The number of sulfonamides is 1. The molecular formula is C21H18N2O5S. The van der Waals surface area contributed by atoms with Gasteiger partial charge in [-0.3, -0.25) is 9.52 Å². The van der Waals surface area contributed by atoms with Crippen molar-refractivity contribution in [3.05, 3.63) is 89.5 Å². The van der Waals surface area contributed by atoms with Crippen LogP contribution in [0.1, 0.15) is 26.3 Å². The third-order valence-corrected chi connectivity index (χ3v) is 5.45. The summed E-state index contributed by atoms with van der Waals surface area (Å²) in [6.07, 6.45) is 0. The van der Waals surface area contributed by atoms with Gasteiger partial charge in [-0.25, -0.2) is 13.2 Å². The number of hydrogen-bond donors (Lipinski definition) is 3. The predicted octanol–water partition coefficient (Wildman–Crippen LogP) is 3.75. The zero-order chi connectivity index (χ0) is 21.0. The van der Waals surface area contributed by atoms with Crippen molar-refractivity contribution in [3.8, 4) is 0 Å². The summed E-state index contributed by atoms with van der Waals surface area (Å²) in [4.78, 5) is 23.6. The van der Waals surface area contributed by atoms with Crippen LogP contribution < -0.4 is 10.0 Å². The van der Waals surface area contributed by atoms with Crippen molar-refractivity contribution in [1.29, 1.82) is 0 Å². The van der Waals surface area contributed by atoms with Crippen molar-refractivity contribution in [3.63, 3.8) is 0 Å². The van der Waals surface area contributed by atoms with Gasteiger partial charge in [0.05, 0.1) is 21.7 Å². The largest absolute Gasteiger partial charge is 0.478 e. The van der Waals surface area contributed by atoms with Crippen LogP contribution in [0.4, 0.5) is 11.4 Å². The topological polar surface area (TPSA) is 113 Å². The molecule has 148 valence electrons. The molecule has 0 bridgehead atoms. The molecule has 0 atom stereocenters. The van der Waals surface area contributed by atoms with Gasteiger partial charge in [0.2, 0.25) is 0 Å². The highest BCUT2D eigenvalue weighted by molar-refractivity contribution is 7.92. The van der Waals surface area contributed by atoms with Crippen LogP contribution in [0, 0.1) is 6.92 Å². The molecule has 0 aliphatic heterocycles. The van der Waals surface area contributed by atoms with E-state index in [1.807, 2.05) is 13.0 Å². The first-order valence-corrected chi connectivity index (χ1v) is 10.1. The first-order valence-electron chi connectivity index (χ1n) is 8.59. The number of rotatable bonds is 6. The van der Waals surface area contributed by atoms with E-state index in [0.717, 1.165) is 11.6 Å². The molecule has 0 aliphatic carbocycles. The molecule has 3 N–H and O–H groups in total. The molecule has 0 saturated heterocycles. The van der Waals surface area contributed by atoms with Crippen molar-refractivity contribution in [2.45, 2.75) is 11.8 Å². The standard InChI is InChI=1S/C21H18N2O5S/c1-14-6-4-8-16(12-14)22-20(24)18-10-2-3-11-19(18)23-29(27,28)17-9-5-7-15(13-17)21(25)26/h2-13,23H,1H3,(H,22,24)(H,25,26). The van der Waals surface area contributed by atoms with Gasteiger partial charge in [-0.15, -0.1) is 0 Å². The maximum Gasteiger partial charge on any atom is 0.335 e. The number of benzene rings is 3. The molecule has 3 aromatic carbocycles. The molecule has 0 heterocycles. The van der Waals surface area contributed by atoms with E-state index in [0.29, 0.717) is 5.69 Å². The maximum atomic E-state index is 12.7. The van der Waals surface area contributed by atoms with Gasteiger partial charge in [0, 0.05) is 5.69 Å². The van der Waals surface area contributed by atoms with Gasteiger partial charge in [0.25, 0.3) is 15.9 Å². The minimum atomic E-state index is -4.10. The number of carboxylic acids is 1. The monoisotopic (exact) mass is 410 g/mol. The lowest BCUT2D eigenvalue weighted by atomic mass is 10.1. The molecule has 1 amide bonds. The van der Waals surface area contributed by atoms with Crippen molar-refractivity contribution in [2.75, 3.05) is 10.0 Å². The van der Waals surface area contributed by atoms with Gasteiger partial charge in [-0.2, -0.15) is 0 Å². The fourth-order valence-electron chi connectivity index (χ4n) is 2.69. The van der Waals surface area contributed by atoms with Crippen LogP contribution in [0.2, 0.25) is 0 Å². The highest BCUT2D eigenvalue weighted by Gasteiger charge is 2.20. The Balaban J connectivity index is 1.89. The number of hydrogen-bond acceptors (Lipinski definition) is 4. The fraction of sp³-hybridized carbons (Fsp3) is 0.0476. The van der Waals surface area contributed by atoms with E-state index in [-0.39, 0.29) is 21.7 Å². The summed E-state index contributed by atoms with van der Waals surface area (Å²) in [5, 5.41) is 11.8. The molecule has 0 aromatic heterocycles. The van der Waals surface area contributed by atoms with Crippen molar-refractivity contribution in [1.82, 2.24) is 0 Å². The number of carboxylic acid groups (broad SMARTS) is 1. The Kier molecular flexibility index (Phi) is 5.65. The van der Waals surface area contributed by atoms with E-state index >= 15 is 0 Å². The van der Waals surface area contributed by atoms with Gasteiger partial charge >= 0.3 is 5.97 Å². The summed E-state index contributed by atoms with van der Waals surface area (Å²) in [6, 6.07) is 18.4. The van der Waals surface area contributed by atoms with Crippen LogP contribution in [0.3, 0.4) is 0 Å². The minimum absolute atomic E-state index is 0.0818. The molecule has 0 saturated carbocycles. The summed E-state index contributed by atoms with van der Waals surface area (Å²) in [5.41, 5.74) is 1.61. The molecule has 0 aliphatic rings. The molecule has 29 heavy (non-hydrogen) atoms. The number of para-hydroxylation sites is 1. The summed E-state index contributed by atoms with van der Waals surface area (Å²) >= 11 is 0. The van der Waals surface area contributed by atoms with Gasteiger partial charge in [0.1, 0.15) is 0 Å². The van der Waals surface area contributed by atoms with E-state index < -0.39 is 21.9 Å². The molecule has 0 fully saturated rings. The highest BCUT2D eigenvalue weighted by Crippen LogP contribution is 2.22. The number of amides is 1. The number of anilines is 2. The average Bonchev–Trinajstić information content (AvgIpc) is 2.68. The summed E-state index contributed by atoms with van der Waals surface area (Å²) < 4.78 is 27.8. The lowest BCUT2D eigenvalue weighted by Crippen LogP contribution is -2.19. The highest BCUT2D eigenvalue weighted by atomic mass is 32.2. The first kappa shape index (κ1) is 20.1. The van der Waals surface area contributed by atoms with E-state index in [2.05, 4.69) is 10.0 Å². The number of aryl methyl sites for hydroxylation is 1. The fourth-order valence-corrected chi connectivity index (χ4v) is 3.82. The van der Waals surface area contributed by atoms with E-state index in [4.69, 9.17) is 5.11 Å². The molecular weight excluding hydrogens is 392 g/mol. The van der Waals surface area contributed by atoms with Crippen LogP contribution in [0.5, 0.6) is 0 Å². The normalized spacial score (nSPS) is 10.9. The van der Waals surface area contributed by atoms with Crippen LogP contribution in [0.25, 0.3) is 0 Å². The zero-order valence-electron chi connectivity index (χ0n) is 15.4. The second kappa shape index (κ2) is 8.15.